The molecule has 1 amide bonds. The Morgan fingerprint density at radius 2 is 2.19 bits per heavy atom. The highest BCUT2D eigenvalue weighted by molar-refractivity contribution is 9.10. The van der Waals surface area contributed by atoms with E-state index < -0.39 is 0 Å². The van der Waals surface area contributed by atoms with Gasteiger partial charge < -0.3 is 0 Å². The number of aromatic nitrogens is 4. The van der Waals surface area contributed by atoms with Gasteiger partial charge in [-0.05, 0) is 35.0 Å². The predicted molar refractivity (Wildman–Crippen MR) is 83.9 cm³/mol. The molecule has 1 aromatic carbocycles. The molecule has 0 aliphatic rings. The number of para-hydroxylation sites is 1. The smallest absolute Gasteiger partial charge is 0.279 e. The summed E-state index contributed by atoms with van der Waals surface area (Å²) in [4.78, 5) is 16.3. The SMILES string of the molecule is Cc1csc(NC(=O)c2cn(-c3ccccc3Br)nn2)n1. The molecule has 0 radical (unpaired) electrons. The molecule has 0 aliphatic carbocycles. The maximum absolute atomic E-state index is 12.1. The van der Waals surface area contributed by atoms with Crippen LogP contribution in [0, 0.1) is 6.92 Å². The van der Waals surface area contributed by atoms with Crippen molar-refractivity contribution in [2.75, 3.05) is 5.32 Å². The van der Waals surface area contributed by atoms with Gasteiger partial charge in [-0.15, -0.1) is 16.4 Å². The summed E-state index contributed by atoms with van der Waals surface area (Å²) in [7, 11) is 0. The fourth-order valence-electron chi connectivity index (χ4n) is 1.70. The Hall–Kier alpha value is -2.06. The third-order valence-corrected chi connectivity index (χ3v) is 4.21. The summed E-state index contributed by atoms with van der Waals surface area (Å²) in [5.74, 6) is -0.331. The van der Waals surface area contributed by atoms with Crippen molar-refractivity contribution in [3.8, 4) is 5.69 Å². The standard InChI is InChI=1S/C13H10BrN5OS/c1-8-7-21-13(15-8)16-12(20)10-6-19(18-17-10)11-5-3-2-4-9(11)14/h2-7H,1H3,(H,15,16,20). The number of hydrogen-bond donors (Lipinski definition) is 1. The van der Waals surface area contributed by atoms with Gasteiger partial charge in [0.05, 0.1) is 17.6 Å². The van der Waals surface area contributed by atoms with E-state index in [1.54, 1.807) is 10.9 Å². The molecule has 21 heavy (non-hydrogen) atoms. The Morgan fingerprint density at radius 1 is 1.38 bits per heavy atom. The Bertz CT molecular complexity index is 797. The molecule has 1 N–H and O–H groups in total. The van der Waals surface area contributed by atoms with Crippen LogP contribution in [0.1, 0.15) is 16.2 Å². The largest absolute Gasteiger partial charge is 0.296 e. The molecule has 0 fully saturated rings. The number of hydrogen-bond acceptors (Lipinski definition) is 5. The van der Waals surface area contributed by atoms with Crippen molar-refractivity contribution in [3.63, 3.8) is 0 Å². The Balaban J connectivity index is 1.82. The van der Waals surface area contributed by atoms with Crippen LogP contribution in [-0.4, -0.2) is 25.9 Å². The minimum Gasteiger partial charge on any atom is -0.296 e. The summed E-state index contributed by atoms with van der Waals surface area (Å²) < 4.78 is 2.42. The molecule has 3 rings (SSSR count). The number of halogens is 1. The number of carbonyl (C=O) groups excluding carboxylic acids is 1. The lowest BCUT2D eigenvalue weighted by molar-refractivity contribution is 0.102. The van der Waals surface area contributed by atoms with E-state index in [-0.39, 0.29) is 11.6 Å². The van der Waals surface area contributed by atoms with Crippen LogP contribution in [0.2, 0.25) is 0 Å². The molecule has 0 atom stereocenters. The fraction of sp³-hybridized carbons (Fsp3) is 0.0769. The molecule has 0 saturated carbocycles. The van der Waals surface area contributed by atoms with Gasteiger partial charge in [0.25, 0.3) is 5.91 Å². The molecule has 8 heteroatoms. The number of aryl methyl sites for hydroxylation is 1. The van der Waals surface area contributed by atoms with Gasteiger partial charge in [0.2, 0.25) is 0 Å². The Labute approximate surface area is 133 Å². The van der Waals surface area contributed by atoms with Gasteiger partial charge in [0, 0.05) is 9.85 Å². The van der Waals surface area contributed by atoms with Crippen molar-refractivity contribution in [2.45, 2.75) is 6.92 Å². The molecule has 3 aromatic rings. The zero-order chi connectivity index (χ0) is 14.8. The van der Waals surface area contributed by atoms with Gasteiger partial charge in [-0.3, -0.25) is 10.1 Å². The predicted octanol–water partition coefficient (Wildman–Crippen LogP) is 3.05. The summed E-state index contributed by atoms with van der Waals surface area (Å²) in [5.41, 5.74) is 1.92. The van der Waals surface area contributed by atoms with Crippen LogP contribution < -0.4 is 5.32 Å². The quantitative estimate of drug-likeness (QED) is 0.775. The van der Waals surface area contributed by atoms with Gasteiger partial charge in [0.15, 0.2) is 10.8 Å². The minimum atomic E-state index is -0.331. The average molecular weight is 364 g/mol. The summed E-state index contributed by atoms with van der Waals surface area (Å²) >= 11 is 4.81. The topological polar surface area (TPSA) is 72.7 Å². The van der Waals surface area contributed by atoms with E-state index >= 15 is 0 Å². The molecule has 2 aromatic heterocycles. The van der Waals surface area contributed by atoms with Gasteiger partial charge in [-0.2, -0.15) is 0 Å². The summed E-state index contributed by atoms with van der Waals surface area (Å²) in [6.45, 7) is 1.87. The summed E-state index contributed by atoms with van der Waals surface area (Å²) in [5, 5.41) is 13.0. The van der Waals surface area contributed by atoms with Gasteiger partial charge in [-0.25, -0.2) is 9.67 Å². The van der Waals surface area contributed by atoms with E-state index in [9.17, 15) is 4.79 Å². The first-order chi connectivity index (χ1) is 10.1. The molecule has 6 nitrogen and oxygen atoms in total. The van der Waals surface area contributed by atoms with E-state index in [1.807, 2.05) is 36.6 Å². The first-order valence-corrected chi connectivity index (χ1v) is 7.71. The van der Waals surface area contributed by atoms with Crippen molar-refractivity contribution in [1.82, 2.24) is 20.0 Å². The normalized spacial score (nSPS) is 10.6. The number of anilines is 1. The van der Waals surface area contributed by atoms with Crippen molar-refractivity contribution in [2.24, 2.45) is 0 Å². The van der Waals surface area contributed by atoms with Gasteiger partial charge in [0.1, 0.15) is 0 Å². The van der Waals surface area contributed by atoms with Crippen LogP contribution in [0.25, 0.3) is 5.69 Å². The second-order valence-corrected chi connectivity index (χ2v) is 5.96. The van der Waals surface area contributed by atoms with Gasteiger partial charge in [-0.1, -0.05) is 17.3 Å². The van der Waals surface area contributed by atoms with E-state index in [2.05, 4.69) is 36.5 Å². The maximum Gasteiger partial charge on any atom is 0.279 e. The monoisotopic (exact) mass is 363 g/mol. The second-order valence-electron chi connectivity index (χ2n) is 4.25. The third kappa shape index (κ3) is 3.01. The third-order valence-electron chi connectivity index (χ3n) is 2.66. The zero-order valence-electron chi connectivity index (χ0n) is 10.9. The number of amides is 1. The van der Waals surface area contributed by atoms with Crippen molar-refractivity contribution in [3.05, 3.63) is 51.7 Å². The molecule has 0 aliphatic heterocycles. The lowest BCUT2D eigenvalue weighted by Crippen LogP contribution is -2.12. The highest BCUT2D eigenvalue weighted by Gasteiger charge is 2.14. The second kappa shape index (κ2) is 5.74. The molecule has 2 heterocycles. The maximum atomic E-state index is 12.1. The molecule has 106 valence electrons. The lowest BCUT2D eigenvalue weighted by Gasteiger charge is -2.01. The fourth-order valence-corrected chi connectivity index (χ4v) is 2.85. The van der Waals surface area contributed by atoms with E-state index in [0.717, 1.165) is 15.9 Å². The minimum absolute atomic E-state index is 0.235. The molecule has 0 bridgehead atoms. The van der Waals surface area contributed by atoms with E-state index in [4.69, 9.17) is 0 Å². The van der Waals surface area contributed by atoms with E-state index in [1.165, 1.54) is 11.3 Å². The van der Waals surface area contributed by atoms with Crippen molar-refractivity contribution < 1.29 is 4.79 Å². The van der Waals surface area contributed by atoms with Crippen LogP contribution in [0.15, 0.2) is 40.3 Å². The Morgan fingerprint density at radius 3 is 2.90 bits per heavy atom. The number of nitrogens with zero attached hydrogens (tertiary/aromatic N) is 4. The van der Waals surface area contributed by atoms with Crippen molar-refractivity contribution in [1.29, 1.82) is 0 Å². The van der Waals surface area contributed by atoms with Crippen LogP contribution >= 0.6 is 27.3 Å². The number of thiazole rings is 1. The molecule has 0 saturated heterocycles. The zero-order valence-corrected chi connectivity index (χ0v) is 13.3. The van der Waals surface area contributed by atoms with Crippen LogP contribution in [0.4, 0.5) is 5.13 Å². The van der Waals surface area contributed by atoms with Crippen LogP contribution in [-0.2, 0) is 0 Å². The van der Waals surface area contributed by atoms with Gasteiger partial charge >= 0.3 is 0 Å². The number of nitrogens with one attached hydrogen (secondary N) is 1. The molecular weight excluding hydrogens is 354 g/mol. The molecule has 0 spiro atoms. The summed E-state index contributed by atoms with van der Waals surface area (Å²) in [6.07, 6.45) is 1.58. The first-order valence-electron chi connectivity index (χ1n) is 6.04. The Kier molecular flexibility index (Phi) is 3.80. The highest BCUT2D eigenvalue weighted by atomic mass is 79.9. The number of rotatable bonds is 3. The van der Waals surface area contributed by atoms with Crippen LogP contribution in [0.3, 0.4) is 0 Å². The molecular formula is C13H10BrN5OS. The first kappa shape index (κ1) is 13.9. The number of carbonyl (C=O) groups is 1. The van der Waals surface area contributed by atoms with E-state index in [0.29, 0.717) is 5.13 Å². The van der Waals surface area contributed by atoms with Crippen molar-refractivity contribution >= 4 is 38.3 Å². The highest BCUT2D eigenvalue weighted by Crippen LogP contribution is 2.20. The number of benzene rings is 1. The molecule has 0 unspecified atom stereocenters. The average Bonchev–Trinajstić information content (AvgIpc) is 3.09. The summed E-state index contributed by atoms with van der Waals surface area (Å²) in [6, 6.07) is 7.57. The lowest BCUT2D eigenvalue weighted by atomic mass is 10.3. The van der Waals surface area contributed by atoms with Crippen LogP contribution in [0.5, 0.6) is 0 Å².